The molecule has 3 rings (SSSR count). The Bertz CT molecular complexity index is 692. The van der Waals surface area contributed by atoms with E-state index in [1.807, 2.05) is 0 Å². The van der Waals surface area contributed by atoms with Crippen LogP contribution in [0.5, 0.6) is 5.75 Å². The number of nitrogens with zero attached hydrogens (tertiary/aromatic N) is 1. The summed E-state index contributed by atoms with van der Waals surface area (Å²) in [5.41, 5.74) is -0.130. The smallest absolute Gasteiger partial charge is 0.315 e. The number of alkyl halides is 2. The first kappa shape index (κ1) is 16.3. The Balaban J connectivity index is 1.81. The van der Waals surface area contributed by atoms with Gasteiger partial charge in [-0.05, 0) is 6.92 Å². The number of nitro groups is 1. The molecule has 1 aliphatic heterocycles. The van der Waals surface area contributed by atoms with Gasteiger partial charge >= 0.3 is 5.97 Å². The van der Waals surface area contributed by atoms with Crippen molar-refractivity contribution in [2.45, 2.75) is 30.9 Å². The van der Waals surface area contributed by atoms with Crippen LogP contribution in [0.1, 0.15) is 24.5 Å². The minimum atomic E-state index is -1.13. The van der Waals surface area contributed by atoms with E-state index >= 15 is 0 Å². The molecule has 0 unspecified atom stereocenters. The highest BCUT2D eigenvalue weighted by Gasteiger charge is 2.69. The number of benzene rings is 1. The third-order valence-corrected chi connectivity index (χ3v) is 5.15. The number of carbonyl (C=O) groups is 1. The van der Waals surface area contributed by atoms with E-state index in [1.54, 1.807) is 6.92 Å². The highest BCUT2D eigenvalue weighted by Crippen LogP contribution is 2.64. The number of ether oxygens (including phenoxy) is 3. The largest absolute Gasteiger partial charge is 0.467 e. The monoisotopic (exact) mass is 361 g/mol. The Morgan fingerprint density at radius 3 is 2.78 bits per heavy atom. The highest BCUT2D eigenvalue weighted by atomic mass is 35.5. The molecule has 0 radical (unpaired) electrons. The second-order valence-corrected chi connectivity index (χ2v) is 7.23. The second-order valence-electron chi connectivity index (χ2n) is 5.75. The second kappa shape index (κ2) is 5.51. The SMILES string of the molecule is C[C@@]1(C(=O)OCc2cc([N+](=O)[O-])cc3c2OCOC3)CC1(Cl)Cl. The van der Waals surface area contributed by atoms with E-state index in [0.717, 1.165) is 0 Å². The fourth-order valence-electron chi connectivity index (χ4n) is 2.42. The molecule has 0 N–H and O–H groups in total. The van der Waals surface area contributed by atoms with Crippen molar-refractivity contribution < 1.29 is 23.9 Å². The molecule has 1 aromatic carbocycles. The third-order valence-electron chi connectivity index (χ3n) is 4.05. The van der Waals surface area contributed by atoms with Gasteiger partial charge in [0, 0.05) is 29.7 Å². The van der Waals surface area contributed by atoms with E-state index in [4.69, 9.17) is 37.4 Å². The molecule has 1 saturated carbocycles. The lowest BCUT2D eigenvalue weighted by Crippen LogP contribution is -2.21. The van der Waals surface area contributed by atoms with Gasteiger partial charge in [-0.2, -0.15) is 0 Å². The number of rotatable bonds is 4. The molecule has 0 spiro atoms. The summed E-state index contributed by atoms with van der Waals surface area (Å²) in [6, 6.07) is 2.70. The van der Waals surface area contributed by atoms with Gasteiger partial charge in [-0.25, -0.2) is 0 Å². The highest BCUT2D eigenvalue weighted by molar-refractivity contribution is 6.53. The summed E-state index contributed by atoms with van der Waals surface area (Å²) in [6.07, 6.45) is 0.305. The first-order valence-electron chi connectivity index (χ1n) is 6.80. The minimum Gasteiger partial charge on any atom is -0.467 e. The van der Waals surface area contributed by atoms with Crippen molar-refractivity contribution in [3.63, 3.8) is 0 Å². The number of esters is 1. The summed E-state index contributed by atoms with van der Waals surface area (Å²) in [6.45, 7) is 1.68. The lowest BCUT2D eigenvalue weighted by atomic mass is 10.1. The van der Waals surface area contributed by atoms with Crippen molar-refractivity contribution in [1.82, 2.24) is 0 Å². The van der Waals surface area contributed by atoms with Crippen LogP contribution >= 0.6 is 23.2 Å². The van der Waals surface area contributed by atoms with Crippen LogP contribution < -0.4 is 4.74 Å². The Hall–Kier alpha value is -1.57. The van der Waals surface area contributed by atoms with E-state index < -0.39 is 20.6 Å². The van der Waals surface area contributed by atoms with Gasteiger partial charge in [0.15, 0.2) is 6.79 Å². The molecule has 0 bridgehead atoms. The molecule has 1 aliphatic carbocycles. The molecule has 23 heavy (non-hydrogen) atoms. The van der Waals surface area contributed by atoms with Gasteiger partial charge in [-0.15, -0.1) is 23.2 Å². The lowest BCUT2D eigenvalue weighted by molar-refractivity contribution is -0.385. The summed E-state index contributed by atoms with van der Waals surface area (Å²) in [5, 5.41) is 11.0. The maximum Gasteiger partial charge on any atom is 0.315 e. The van der Waals surface area contributed by atoms with Crippen molar-refractivity contribution >= 4 is 34.9 Å². The molecular weight excluding hydrogens is 349 g/mol. The van der Waals surface area contributed by atoms with E-state index in [9.17, 15) is 14.9 Å². The van der Waals surface area contributed by atoms with Crippen LogP contribution in [0.15, 0.2) is 12.1 Å². The molecule has 0 saturated heterocycles. The molecule has 1 fully saturated rings. The number of hydrogen-bond acceptors (Lipinski definition) is 6. The maximum atomic E-state index is 12.1. The number of non-ortho nitro benzene ring substituents is 1. The van der Waals surface area contributed by atoms with Crippen molar-refractivity contribution in [2.24, 2.45) is 5.41 Å². The van der Waals surface area contributed by atoms with Crippen LogP contribution in [0, 0.1) is 15.5 Å². The van der Waals surface area contributed by atoms with Crippen molar-refractivity contribution in [3.05, 3.63) is 33.4 Å². The number of hydrogen-bond donors (Lipinski definition) is 0. The molecule has 2 aliphatic rings. The van der Waals surface area contributed by atoms with Crippen molar-refractivity contribution in [1.29, 1.82) is 0 Å². The summed E-state index contributed by atoms with van der Waals surface area (Å²) in [7, 11) is 0. The molecular formula is C14H13Cl2NO6. The Morgan fingerprint density at radius 1 is 1.48 bits per heavy atom. The van der Waals surface area contributed by atoms with Crippen LogP contribution in [0.25, 0.3) is 0 Å². The average Bonchev–Trinajstić information content (AvgIpc) is 3.03. The van der Waals surface area contributed by atoms with E-state index in [2.05, 4.69) is 0 Å². The molecule has 124 valence electrons. The fourth-order valence-corrected chi connectivity index (χ4v) is 3.11. The molecule has 0 aromatic heterocycles. The minimum absolute atomic E-state index is 0.0376. The summed E-state index contributed by atoms with van der Waals surface area (Å²) >= 11 is 11.9. The molecule has 1 atom stereocenters. The maximum absolute atomic E-state index is 12.1. The van der Waals surface area contributed by atoms with E-state index in [-0.39, 0.29) is 25.7 Å². The van der Waals surface area contributed by atoms with Gasteiger partial charge in [0.1, 0.15) is 22.1 Å². The van der Waals surface area contributed by atoms with Gasteiger partial charge in [-0.1, -0.05) is 0 Å². The van der Waals surface area contributed by atoms with Crippen molar-refractivity contribution in [2.75, 3.05) is 6.79 Å². The van der Waals surface area contributed by atoms with E-state index in [1.165, 1.54) is 12.1 Å². The zero-order valence-electron chi connectivity index (χ0n) is 12.1. The number of fused-ring (bicyclic) bond motifs is 1. The van der Waals surface area contributed by atoms with Gasteiger partial charge in [0.25, 0.3) is 5.69 Å². The Morgan fingerprint density at radius 2 is 2.17 bits per heavy atom. The van der Waals surface area contributed by atoms with Crippen LogP contribution in [0.2, 0.25) is 0 Å². The first-order valence-corrected chi connectivity index (χ1v) is 7.56. The Kier molecular flexibility index (Phi) is 3.90. The average molecular weight is 362 g/mol. The van der Waals surface area contributed by atoms with Gasteiger partial charge in [0.2, 0.25) is 0 Å². The first-order chi connectivity index (χ1) is 10.7. The third kappa shape index (κ3) is 2.84. The van der Waals surface area contributed by atoms with Crippen molar-refractivity contribution in [3.8, 4) is 5.75 Å². The fraction of sp³-hybridized carbons (Fsp3) is 0.500. The van der Waals surface area contributed by atoms with Gasteiger partial charge in [-0.3, -0.25) is 14.9 Å². The van der Waals surface area contributed by atoms with E-state index in [0.29, 0.717) is 23.3 Å². The predicted octanol–water partition coefficient (Wildman–Crippen LogP) is 3.09. The zero-order chi connectivity index (χ0) is 16.8. The standard InChI is InChI=1S/C14H13Cl2NO6/c1-13(6-14(13,15)16)12(18)22-5-9-3-10(17(19)20)2-8-4-21-7-23-11(8)9/h2-3H,4-7H2,1H3/t13-/m0/s1. The molecule has 7 nitrogen and oxygen atoms in total. The molecule has 1 heterocycles. The number of halogens is 2. The van der Waals surface area contributed by atoms with Crippen LogP contribution in [-0.4, -0.2) is 22.0 Å². The summed E-state index contributed by atoms with van der Waals surface area (Å²) in [5.74, 6) is -0.103. The number of nitro benzene ring substituents is 1. The molecule has 9 heteroatoms. The normalized spacial score (nSPS) is 24.3. The lowest BCUT2D eigenvalue weighted by Gasteiger charge is -2.21. The number of carbonyl (C=O) groups excluding carboxylic acids is 1. The van der Waals surface area contributed by atoms with Gasteiger partial charge < -0.3 is 14.2 Å². The van der Waals surface area contributed by atoms with Crippen LogP contribution in [0.3, 0.4) is 0 Å². The van der Waals surface area contributed by atoms with Gasteiger partial charge in [0.05, 0.1) is 11.5 Å². The topological polar surface area (TPSA) is 87.9 Å². The predicted molar refractivity (Wildman–Crippen MR) is 80.3 cm³/mol. The molecule has 0 amide bonds. The Labute approximate surface area is 141 Å². The molecule has 1 aromatic rings. The van der Waals surface area contributed by atoms with Crippen LogP contribution in [0.4, 0.5) is 5.69 Å². The quantitative estimate of drug-likeness (QED) is 0.354. The van der Waals surface area contributed by atoms with Crippen LogP contribution in [-0.2, 0) is 27.5 Å². The summed E-state index contributed by atoms with van der Waals surface area (Å²) < 4.78 is 14.6. The summed E-state index contributed by atoms with van der Waals surface area (Å²) in [4.78, 5) is 22.6. The zero-order valence-corrected chi connectivity index (χ0v) is 13.6.